The van der Waals surface area contributed by atoms with Crippen LogP contribution in [-0.4, -0.2) is 23.4 Å². The summed E-state index contributed by atoms with van der Waals surface area (Å²) in [6, 6.07) is 1.61. The largest absolute Gasteiger partial charge is 0.455 e. The highest BCUT2D eigenvalue weighted by atomic mass is 19.4. The molecule has 1 aromatic heterocycles. The van der Waals surface area contributed by atoms with E-state index in [9.17, 15) is 30.7 Å². The minimum Gasteiger partial charge on any atom is -0.455 e. The Hall–Kier alpha value is -1.54. The first-order chi connectivity index (χ1) is 8.00. The van der Waals surface area contributed by atoms with Gasteiger partial charge in [0.1, 0.15) is 0 Å². The number of aromatic nitrogens is 1. The van der Waals surface area contributed by atoms with Gasteiger partial charge in [0.25, 0.3) is 6.10 Å². The van der Waals surface area contributed by atoms with Gasteiger partial charge in [0.15, 0.2) is 0 Å². The van der Waals surface area contributed by atoms with E-state index >= 15 is 0 Å². The van der Waals surface area contributed by atoms with E-state index in [1.807, 2.05) is 0 Å². The van der Waals surface area contributed by atoms with Crippen molar-refractivity contribution in [1.82, 2.24) is 4.98 Å². The van der Waals surface area contributed by atoms with Gasteiger partial charge in [0.2, 0.25) is 11.8 Å². The van der Waals surface area contributed by atoms with Crippen LogP contribution in [0.15, 0.2) is 12.1 Å². The molecule has 0 aliphatic rings. The monoisotopic (exact) mass is 277 g/mol. The van der Waals surface area contributed by atoms with Gasteiger partial charge in [-0.3, -0.25) is 0 Å². The fourth-order valence-electron chi connectivity index (χ4n) is 1.09. The van der Waals surface area contributed by atoms with Crippen LogP contribution >= 0.6 is 0 Å². The normalized spacial score (nSPS) is 12.9. The molecule has 0 aliphatic carbocycles. The number of nitrogens with zero attached hydrogens (tertiary/aromatic N) is 1. The van der Waals surface area contributed by atoms with Crippen LogP contribution in [0.3, 0.4) is 0 Å². The Morgan fingerprint density at radius 2 is 1.56 bits per heavy atom. The number of ether oxygens (including phenoxy) is 1. The molecule has 2 nitrogen and oxygen atoms in total. The maximum Gasteiger partial charge on any atom is 0.434 e. The maximum atomic E-state index is 12.7. The van der Waals surface area contributed by atoms with E-state index in [1.165, 1.54) is 6.92 Å². The van der Waals surface area contributed by atoms with E-state index < -0.39 is 30.3 Å². The zero-order chi connectivity index (χ0) is 14.1. The summed E-state index contributed by atoms with van der Waals surface area (Å²) in [4.78, 5) is 2.81. The van der Waals surface area contributed by atoms with Crippen LogP contribution in [0.1, 0.15) is 5.56 Å². The number of alkyl halides is 6. The van der Waals surface area contributed by atoms with E-state index in [0.29, 0.717) is 0 Å². The van der Waals surface area contributed by atoms with Gasteiger partial charge < -0.3 is 4.74 Å². The van der Waals surface area contributed by atoms with Gasteiger partial charge in [-0.25, -0.2) is 0 Å². The lowest BCUT2D eigenvalue weighted by atomic mass is 10.3. The summed E-state index contributed by atoms with van der Waals surface area (Å²) in [5.74, 6) is -2.31. The zero-order valence-corrected chi connectivity index (χ0v) is 8.73. The highest BCUT2D eigenvalue weighted by Crippen LogP contribution is 2.36. The van der Waals surface area contributed by atoms with Gasteiger partial charge >= 0.3 is 12.4 Å². The van der Waals surface area contributed by atoms with Crippen molar-refractivity contribution in [2.45, 2.75) is 25.4 Å². The molecule has 1 rings (SSSR count). The van der Waals surface area contributed by atoms with Crippen LogP contribution in [0, 0.1) is 12.9 Å². The summed E-state index contributed by atoms with van der Waals surface area (Å²) >= 11 is 0. The quantitative estimate of drug-likeness (QED) is 0.610. The molecule has 0 spiro atoms. The molecule has 1 heterocycles. The first-order valence-electron chi connectivity index (χ1n) is 4.44. The van der Waals surface area contributed by atoms with E-state index in [0.717, 1.165) is 12.1 Å². The van der Waals surface area contributed by atoms with Crippen molar-refractivity contribution in [3.05, 3.63) is 23.6 Å². The van der Waals surface area contributed by atoms with Gasteiger partial charge in [-0.2, -0.15) is 35.7 Å². The molecule has 0 unspecified atom stereocenters. The van der Waals surface area contributed by atoms with Crippen molar-refractivity contribution in [1.29, 1.82) is 0 Å². The molecule has 9 heteroatoms. The number of halogens is 7. The highest BCUT2D eigenvalue weighted by Gasteiger charge is 2.59. The lowest BCUT2D eigenvalue weighted by molar-refractivity contribution is -0.300. The van der Waals surface area contributed by atoms with Crippen LogP contribution in [0.25, 0.3) is 0 Å². The summed E-state index contributed by atoms with van der Waals surface area (Å²) < 4.78 is 89.2. The molecule has 18 heavy (non-hydrogen) atoms. The SMILES string of the molecule is Cc1cc(F)nc(OC(C(F)(F)F)C(F)(F)F)c1. The fraction of sp³-hybridized carbons (Fsp3) is 0.444. The fourth-order valence-corrected chi connectivity index (χ4v) is 1.09. The number of rotatable bonds is 2. The highest BCUT2D eigenvalue weighted by molar-refractivity contribution is 5.20. The Morgan fingerprint density at radius 3 is 1.94 bits per heavy atom. The lowest BCUT2D eigenvalue weighted by Crippen LogP contribution is -2.46. The predicted octanol–water partition coefficient (Wildman–Crippen LogP) is 3.40. The third kappa shape index (κ3) is 3.74. The maximum absolute atomic E-state index is 12.7. The second-order valence-corrected chi connectivity index (χ2v) is 3.39. The number of aryl methyl sites for hydroxylation is 1. The van der Waals surface area contributed by atoms with Crippen molar-refractivity contribution in [2.24, 2.45) is 0 Å². The van der Waals surface area contributed by atoms with Gasteiger partial charge in [0.05, 0.1) is 0 Å². The van der Waals surface area contributed by atoms with Crippen LogP contribution in [0.5, 0.6) is 5.88 Å². The number of hydrogen-bond acceptors (Lipinski definition) is 2. The average Bonchev–Trinajstić information content (AvgIpc) is 2.08. The zero-order valence-electron chi connectivity index (χ0n) is 8.73. The molecule has 0 N–H and O–H groups in total. The summed E-state index contributed by atoms with van der Waals surface area (Å²) in [6.07, 6.45) is -15.4. The molecular formula is C9H6F7NO. The molecule has 0 saturated carbocycles. The number of pyridine rings is 1. The van der Waals surface area contributed by atoms with Gasteiger partial charge in [0, 0.05) is 6.07 Å². The van der Waals surface area contributed by atoms with Crippen LogP contribution in [-0.2, 0) is 0 Å². The Kier molecular flexibility index (Phi) is 3.72. The summed E-state index contributed by atoms with van der Waals surface area (Å²) in [6.45, 7) is 1.27. The topological polar surface area (TPSA) is 22.1 Å². The molecule has 0 aliphatic heterocycles. The predicted molar refractivity (Wildman–Crippen MR) is 45.5 cm³/mol. The molecule has 0 amide bonds. The standard InChI is InChI=1S/C9H6F7NO/c1-4-2-5(10)17-6(3-4)18-7(8(11,12)13)9(14,15)16/h2-3,7H,1H3. The number of hydrogen-bond donors (Lipinski definition) is 0. The van der Waals surface area contributed by atoms with E-state index in [2.05, 4.69) is 9.72 Å². The van der Waals surface area contributed by atoms with Gasteiger partial charge in [-0.1, -0.05) is 0 Å². The first-order valence-corrected chi connectivity index (χ1v) is 4.44. The second kappa shape index (κ2) is 4.62. The van der Waals surface area contributed by atoms with Crippen LogP contribution < -0.4 is 4.74 Å². The summed E-state index contributed by atoms with van der Waals surface area (Å²) in [5.41, 5.74) is 0.0839. The molecule has 0 fully saturated rings. The molecule has 102 valence electrons. The van der Waals surface area contributed by atoms with Crippen molar-refractivity contribution in [2.75, 3.05) is 0 Å². The van der Waals surface area contributed by atoms with Crippen molar-refractivity contribution >= 4 is 0 Å². The minimum absolute atomic E-state index is 0.0839. The molecule has 0 saturated heterocycles. The van der Waals surface area contributed by atoms with E-state index in [-0.39, 0.29) is 5.56 Å². The van der Waals surface area contributed by atoms with Crippen LogP contribution in [0.4, 0.5) is 30.7 Å². The third-order valence-corrected chi connectivity index (χ3v) is 1.75. The molecule has 0 aromatic carbocycles. The minimum atomic E-state index is -5.67. The van der Waals surface area contributed by atoms with E-state index in [1.54, 1.807) is 0 Å². The van der Waals surface area contributed by atoms with Crippen molar-refractivity contribution < 1.29 is 35.5 Å². The Labute approximate surface area is 96.4 Å². The Morgan fingerprint density at radius 1 is 1.06 bits per heavy atom. The van der Waals surface area contributed by atoms with Gasteiger partial charge in [-0.15, -0.1) is 0 Å². The molecule has 0 bridgehead atoms. The van der Waals surface area contributed by atoms with Crippen LogP contribution in [0.2, 0.25) is 0 Å². The smallest absolute Gasteiger partial charge is 0.434 e. The molecule has 1 aromatic rings. The van der Waals surface area contributed by atoms with Gasteiger partial charge in [-0.05, 0) is 18.6 Å². The lowest BCUT2D eigenvalue weighted by Gasteiger charge is -2.23. The van der Waals surface area contributed by atoms with Crippen molar-refractivity contribution in [3.8, 4) is 5.88 Å². The second-order valence-electron chi connectivity index (χ2n) is 3.39. The average molecular weight is 277 g/mol. The summed E-state index contributed by atoms with van der Waals surface area (Å²) in [5, 5.41) is 0. The molecule has 0 radical (unpaired) electrons. The molecule has 0 atom stereocenters. The summed E-state index contributed by atoms with van der Waals surface area (Å²) in [7, 11) is 0. The van der Waals surface area contributed by atoms with E-state index in [4.69, 9.17) is 0 Å². The third-order valence-electron chi connectivity index (χ3n) is 1.75. The first kappa shape index (κ1) is 14.5. The Balaban J connectivity index is 3.04. The molecular weight excluding hydrogens is 271 g/mol. The Bertz CT molecular complexity index is 392. The van der Waals surface area contributed by atoms with Crippen molar-refractivity contribution in [3.63, 3.8) is 0 Å².